The number of nitrogens with zero attached hydrogens (tertiary/aromatic N) is 4. The van der Waals surface area contributed by atoms with Gasteiger partial charge in [0.1, 0.15) is 0 Å². The number of pyridine rings is 1. The lowest BCUT2D eigenvalue weighted by atomic mass is 9.92. The molecule has 4 nitrogen and oxygen atoms in total. The lowest BCUT2D eigenvalue weighted by Crippen LogP contribution is -2.11. The Morgan fingerprint density at radius 2 is 0.873 bits per heavy atom. The lowest BCUT2D eigenvalue weighted by Gasteiger charge is -2.27. The summed E-state index contributed by atoms with van der Waals surface area (Å²) >= 11 is 0. The molecule has 0 spiro atoms. The zero-order chi connectivity index (χ0) is 36.6. The minimum absolute atomic E-state index is 0.697. The summed E-state index contributed by atoms with van der Waals surface area (Å²) in [5, 5.41) is 5.61. The fraction of sp³-hybridized carbons (Fsp3) is 0. The van der Waals surface area contributed by atoms with Crippen LogP contribution in [0, 0.1) is 0 Å². The second-order valence-electron chi connectivity index (χ2n) is 13.6. The highest BCUT2D eigenvalue weighted by Gasteiger charge is 2.21. The highest BCUT2D eigenvalue weighted by atomic mass is 15.1. The summed E-state index contributed by atoms with van der Waals surface area (Å²) in [6.45, 7) is 0. The number of rotatable bonds is 7. The molecule has 55 heavy (non-hydrogen) atoms. The van der Waals surface area contributed by atoms with Crippen molar-refractivity contribution >= 4 is 49.5 Å². The number of aromatic nitrogens is 3. The lowest BCUT2D eigenvalue weighted by molar-refractivity contribution is 1.18. The standard InChI is InChI=1S/C51H34N4/c1-6-18-35(19-7-1)45-34-46(53-51(52-45)37-22-10-3-11-23-37)41-28-16-29-42-40(41)32-33-44-48(42)43-30-17-31-47(50(43)54-49(44)36-20-8-2-9-21-36)55(38-24-12-4-13-25-38)39-26-14-5-15-27-39/h1-34H. The van der Waals surface area contributed by atoms with Gasteiger partial charge in [-0.15, -0.1) is 0 Å². The summed E-state index contributed by atoms with van der Waals surface area (Å²) in [6.07, 6.45) is 0. The molecule has 0 N–H and O–H groups in total. The molecule has 258 valence electrons. The van der Waals surface area contributed by atoms with Crippen LogP contribution in [0.5, 0.6) is 0 Å². The fourth-order valence-corrected chi connectivity index (χ4v) is 7.73. The third kappa shape index (κ3) is 5.87. The van der Waals surface area contributed by atoms with Crippen molar-refractivity contribution in [3.8, 4) is 45.2 Å². The zero-order valence-electron chi connectivity index (χ0n) is 29.9. The maximum absolute atomic E-state index is 5.56. The van der Waals surface area contributed by atoms with E-state index in [0.29, 0.717) is 5.82 Å². The van der Waals surface area contributed by atoms with E-state index in [0.717, 1.165) is 88.8 Å². The van der Waals surface area contributed by atoms with Gasteiger partial charge < -0.3 is 4.90 Å². The first-order chi connectivity index (χ1) is 27.3. The average Bonchev–Trinajstić information content (AvgIpc) is 3.27. The first-order valence-electron chi connectivity index (χ1n) is 18.5. The number of para-hydroxylation sites is 3. The van der Waals surface area contributed by atoms with E-state index in [-0.39, 0.29) is 0 Å². The van der Waals surface area contributed by atoms with Gasteiger partial charge in [0.25, 0.3) is 0 Å². The van der Waals surface area contributed by atoms with Crippen LogP contribution in [0.25, 0.3) is 77.6 Å². The molecule has 0 amide bonds. The van der Waals surface area contributed by atoms with Crippen LogP contribution in [0.3, 0.4) is 0 Å². The van der Waals surface area contributed by atoms with Crippen molar-refractivity contribution in [3.05, 3.63) is 206 Å². The number of anilines is 3. The summed E-state index contributed by atoms with van der Waals surface area (Å²) in [5.41, 5.74) is 10.9. The zero-order valence-corrected chi connectivity index (χ0v) is 29.9. The van der Waals surface area contributed by atoms with Crippen LogP contribution in [0.15, 0.2) is 206 Å². The van der Waals surface area contributed by atoms with E-state index >= 15 is 0 Å². The minimum Gasteiger partial charge on any atom is -0.308 e. The first-order valence-corrected chi connectivity index (χ1v) is 18.5. The number of fused-ring (bicyclic) bond motifs is 5. The number of hydrogen-bond donors (Lipinski definition) is 0. The predicted molar refractivity (Wildman–Crippen MR) is 229 cm³/mol. The molecule has 0 saturated carbocycles. The smallest absolute Gasteiger partial charge is 0.160 e. The summed E-state index contributed by atoms with van der Waals surface area (Å²) in [6, 6.07) is 71.9. The van der Waals surface area contributed by atoms with Crippen LogP contribution >= 0.6 is 0 Å². The minimum atomic E-state index is 0.697. The van der Waals surface area contributed by atoms with E-state index in [1.54, 1.807) is 0 Å². The molecule has 10 rings (SSSR count). The van der Waals surface area contributed by atoms with Gasteiger partial charge in [0, 0.05) is 49.8 Å². The predicted octanol–water partition coefficient (Wildman–Crippen LogP) is 13.5. The van der Waals surface area contributed by atoms with Crippen molar-refractivity contribution in [2.45, 2.75) is 0 Å². The van der Waals surface area contributed by atoms with Gasteiger partial charge in [-0.05, 0) is 47.2 Å². The first kappa shape index (κ1) is 32.2. The van der Waals surface area contributed by atoms with Crippen molar-refractivity contribution < 1.29 is 0 Å². The maximum atomic E-state index is 5.56. The number of hydrogen-bond acceptors (Lipinski definition) is 4. The molecule has 2 heterocycles. The molecule has 0 aliphatic rings. The Morgan fingerprint density at radius 1 is 0.345 bits per heavy atom. The van der Waals surface area contributed by atoms with Gasteiger partial charge in [-0.3, -0.25) is 0 Å². The molecule has 2 aromatic heterocycles. The van der Waals surface area contributed by atoms with E-state index in [9.17, 15) is 0 Å². The molecular weight excluding hydrogens is 669 g/mol. The summed E-state index contributed by atoms with van der Waals surface area (Å²) in [4.78, 5) is 18.2. The Hall–Kier alpha value is -7.43. The van der Waals surface area contributed by atoms with Crippen molar-refractivity contribution in [3.63, 3.8) is 0 Å². The normalized spacial score (nSPS) is 11.3. The van der Waals surface area contributed by atoms with Crippen molar-refractivity contribution in [2.75, 3.05) is 4.90 Å². The molecule has 0 aliphatic heterocycles. The molecule has 0 radical (unpaired) electrons. The van der Waals surface area contributed by atoms with Gasteiger partial charge in [0.2, 0.25) is 0 Å². The quantitative estimate of drug-likeness (QED) is 0.155. The molecule has 10 aromatic rings. The van der Waals surface area contributed by atoms with Gasteiger partial charge in [-0.2, -0.15) is 0 Å². The summed E-state index contributed by atoms with van der Waals surface area (Å²) in [5.74, 6) is 0.697. The highest BCUT2D eigenvalue weighted by molar-refractivity contribution is 6.25. The second kappa shape index (κ2) is 13.8. The fourth-order valence-electron chi connectivity index (χ4n) is 7.73. The van der Waals surface area contributed by atoms with Crippen molar-refractivity contribution in [1.82, 2.24) is 15.0 Å². The van der Waals surface area contributed by atoms with Gasteiger partial charge in [-0.1, -0.05) is 170 Å². The van der Waals surface area contributed by atoms with Crippen LogP contribution in [-0.4, -0.2) is 15.0 Å². The average molecular weight is 703 g/mol. The molecule has 0 aliphatic carbocycles. The third-order valence-corrected chi connectivity index (χ3v) is 10.2. The van der Waals surface area contributed by atoms with E-state index in [1.807, 2.05) is 24.3 Å². The second-order valence-corrected chi connectivity index (χ2v) is 13.6. The molecule has 0 saturated heterocycles. The molecular formula is C51H34N4. The summed E-state index contributed by atoms with van der Waals surface area (Å²) < 4.78 is 0. The van der Waals surface area contributed by atoms with Crippen LogP contribution in [-0.2, 0) is 0 Å². The van der Waals surface area contributed by atoms with Crippen molar-refractivity contribution in [2.24, 2.45) is 0 Å². The Balaban J connectivity index is 1.28. The van der Waals surface area contributed by atoms with E-state index in [2.05, 4.69) is 187 Å². The Morgan fingerprint density at radius 3 is 1.53 bits per heavy atom. The molecule has 8 aromatic carbocycles. The van der Waals surface area contributed by atoms with E-state index in [4.69, 9.17) is 15.0 Å². The van der Waals surface area contributed by atoms with Gasteiger partial charge >= 0.3 is 0 Å². The Bertz CT molecular complexity index is 2850. The van der Waals surface area contributed by atoms with E-state index in [1.165, 1.54) is 0 Å². The summed E-state index contributed by atoms with van der Waals surface area (Å²) in [7, 11) is 0. The monoisotopic (exact) mass is 702 g/mol. The topological polar surface area (TPSA) is 41.9 Å². The van der Waals surface area contributed by atoms with Gasteiger partial charge in [0.15, 0.2) is 5.82 Å². The van der Waals surface area contributed by atoms with Crippen LogP contribution < -0.4 is 4.90 Å². The van der Waals surface area contributed by atoms with Crippen LogP contribution in [0.4, 0.5) is 17.1 Å². The third-order valence-electron chi connectivity index (χ3n) is 10.2. The highest BCUT2D eigenvalue weighted by Crippen LogP contribution is 2.44. The molecule has 0 unspecified atom stereocenters. The maximum Gasteiger partial charge on any atom is 0.160 e. The Kier molecular flexibility index (Phi) is 8.12. The van der Waals surface area contributed by atoms with Crippen LogP contribution in [0.1, 0.15) is 0 Å². The molecule has 4 heteroatoms. The van der Waals surface area contributed by atoms with E-state index < -0.39 is 0 Å². The molecule has 0 fully saturated rings. The molecule has 0 atom stereocenters. The van der Waals surface area contributed by atoms with Gasteiger partial charge in [0.05, 0.1) is 28.3 Å². The SMILES string of the molecule is c1ccc(-c2cc(-c3cccc4c3ccc3c(-c5ccccc5)nc5c(N(c6ccccc6)c6ccccc6)cccc5c34)nc(-c3ccccc3)n2)cc1. The molecule has 0 bridgehead atoms. The number of benzene rings is 8. The van der Waals surface area contributed by atoms with Crippen molar-refractivity contribution in [1.29, 1.82) is 0 Å². The largest absolute Gasteiger partial charge is 0.308 e. The Labute approximate surface area is 319 Å². The van der Waals surface area contributed by atoms with Gasteiger partial charge in [-0.25, -0.2) is 15.0 Å². The van der Waals surface area contributed by atoms with Crippen LogP contribution in [0.2, 0.25) is 0 Å².